The van der Waals surface area contributed by atoms with Crippen molar-refractivity contribution in [2.45, 2.75) is 12.8 Å². The maximum Gasteiger partial charge on any atom is 0.248 e. The van der Waals surface area contributed by atoms with E-state index in [0.29, 0.717) is 19.1 Å². The second-order valence-corrected chi connectivity index (χ2v) is 4.12. The van der Waals surface area contributed by atoms with Gasteiger partial charge in [-0.2, -0.15) is 0 Å². The van der Waals surface area contributed by atoms with Gasteiger partial charge in [0.25, 0.3) is 0 Å². The van der Waals surface area contributed by atoms with Crippen molar-refractivity contribution < 1.29 is 14.3 Å². The van der Waals surface area contributed by atoms with Gasteiger partial charge in [-0.25, -0.2) is 0 Å². The van der Waals surface area contributed by atoms with E-state index in [0.717, 1.165) is 32.5 Å². The molecule has 1 rings (SSSR count). The molecule has 5 heteroatoms. The van der Waals surface area contributed by atoms with Crippen LogP contribution >= 0.6 is 0 Å². The zero-order chi connectivity index (χ0) is 11.8. The molecular weight excluding hydrogens is 208 g/mol. The van der Waals surface area contributed by atoms with Crippen LogP contribution in [0, 0.1) is 5.92 Å². The Kier molecular flexibility index (Phi) is 6.37. The molecule has 0 radical (unpaired) electrons. The Bertz CT molecular complexity index is 203. The molecule has 1 fully saturated rings. The largest absolute Gasteiger partial charge is 0.384 e. The predicted molar refractivity (Wildman–Crippen MR) is 61.1 cm³/mol. The fraction of sp³-hybridized carbons (Fsp3) is 0.909. The molecule has 5 nitrogen and oxygen atoms in total. The van der Waals surface area contributed by atoms with Gasteiger partial charge in [-0.1, -0.05) is 0 Å². The van der Waals surface area contributed by atoms with Crippen molar-refractivity contribution in [3.63, 3.8) is 0 Å². The van der Waals surface area contributed by atoms with E-state index in [1.54, 1.807) is 7.11 Å². The minimum atomic E-state index is 0.0734. The highest BCUT2D eigenvalue weighted by molar-refractivity contribution is 5.77. The molecular formula is C11H22N2O3. The molecule has 1 aliphatic heterocycles. The summed E-state index contributed by atoms with van der Waals surface area (Å²) in [7, 11) is 1.72. The van der Waals surface area contributed by atoms with E-state index < -0.39 is 0 Å². The molecule has 0 aromatic rings. The number of nitrogens with two attached hydrogens (primary N) is 1. The number of ether oxygens (including phenoxy) is 2. The van der Waals surface area contributed by atoms with Crippen LogP contribution < -0.4 is 5.73 Å². The molecule has 1 aliphatic rings. The van der Waals surface area contributed by atoms with Crippen LogP contribution in [-0.4, -0.2) is 57.4 Å². The van der Waals surface area contributed by atoms with Gasteiger partial charge in [0.2, 0.25) is 5.91 Å². The van der Waals surface area contributed by atoms with Crippen LogP contribution in [0.3, 0.4) is 0 Å². The molecule has 0 bridgehead atoms. The maximum absolute atomic E-state index is 11.7. The zero-order valence-electron chi connectivity index (χ0n) is 9.98. The molecule has 1 amide bonds. The maximum atomic E-state index is 11.7. The summed E-state index contributed by atoms with van der Waals surface area (Å²) in [5.74, 6) is 0.670. The number of carbonyl (C=O) groups excluding carboxylic acids is 1. The Labute approximate surface area is 96.9 Å². The fourth-order valence-corrected chi connectivity index (χ4v) is 1.92. The van der Waals surface area contributed by atoms with Crippen LogP contribution in [0.15, 0.2) is 0 Å². The SMILES string of the molecule is COCC1CCN(C(=O)COCCN)CC1. The second kappa shape index (κ2) is 7.60. The van der Waals surface area contributed by atoms with Crippen molar-refractivity contribution in [3.05, 3.63) is 0 Å². The highest BCUT2D eigenvalue weighted by Crippen LogP contribution is 2.17. The van der Waals surface area contributed by atoms with Gasteiger partial charge in [0.15, 0.2) is 0 Å². The number of methoxy groups -OCH3 is 1. The van der Waals surface area contributed by atoms with E-state index in [1.165, 1.54) is 0 Å². The molecule has 16 heavy (non-hydrogen) atoms. The third-order valence-electron chi connectivity index (χ3n) is 2.86. The smallest absolute Gasteiger partial charge is 0.248 e. The normalized spacial score (nSPS) is 17.8. The van der Waals surface area contributed by atoms with Gasteiger partial charge < -0.3 is 20.1 Å². The summed E-state index contributed by atoms with van der Waals surface area (Å²) in [4.78, 5) is 13.5. The monoisotopic (exact) mass is 230 g/mol. The van der Waals surface area contributed by atoms with Gasteiger partial charge in [-0.05, 0) is 18.8 Å². The van der Waals surface area contributed by atoms with Gasteiger partial charge in [-0.3, -0.25) is 4.79 Å². The topological polar surface area (TPSA) is 64.8 Å². The first-order valence-electron chi connectivity index (χ1n) is 5.82. The number of rotatable bonds is 6. The Balaban J connectivity index is 2.17. The molecule has 0 unspecified atom stereocenters. The number of nitrogens with zero attached hydrogens (tertiary/aromatic N) is 1. The molecule has 0 aromatic heterocycles. The average molecular weight is 230 g/mol. The van der Waals surface area contributed by atoms with E-state index >= 15 is 0 Å². The molecule has 0 saturated carbocycles. The number of likely N-dealkylation sites (tertiary alicyclic amines) is 1. The lowest BCUT2D eigenvalue weighted by Gasteiger charge is -2.31. The lowest BCUT2D eigenvalue weighted by molar-refractivity contribution is -0.137. The highest BCUT2D eigenvalue weighted by Gasteiger charge is 2.22. The summed E-state index contributed by atoms with van der Waals surface area (Å²) >= 11 is 0. The Morgan fingerprint density at radius 3 is 2.69 bits per heavy atom. The number of hydrogen-bond donors (Lipinski definition) is 1. The van der Waals surface area contributed by atoms with Crippen molar-refractivity contribution >= 4 is 5.91 Å². The van der Waals surface area contributed by atoms with Crippen LogP contribution in [0.2, 0.25) is 0 Å². The molecule has 0 atom stereocenters. The van der Waals surface area contributed by atoms with Crippen LogP contribution in [-0.2, 0) is 14.3 Å². The van der Waals surface area contributed by atoms with E-state index in [9.17, 15) is 4.79 Å². The first kappa shape index (κ1) is 13.4. The highest BCUT2D eigenvalue weighted by atomic mass is 16.5. The van der Waals surface area contributed by atoms with Crippen molar-refractivity contribution in [1.82, 2.24) is 4.90 Å². The van der Waals surface area contributed by atoms with Crippen molar-refractivity contribution in [2.75, 3.05) is 46.6 Å². The molecule has 1 saturated heterocycles. The lowest BCUT2D eigenvalue weighted by atomic mass is 9.98. The zero-order valence-corrected chi connectivity index (χ0v) is 9.98. The third-order valence-corrected chi connectivity index (χ3v) is 2.86. The van der Waals surface area contributed by atoms with Gasteiger partial charge in [-0.15, -0.1) is 0 Å². The minimum Gasteiger partial charge on any atom is -0.384 e. The van der Waals surface area contributed by atoms with E-state index in [4.69, 9.17) is 15.2 Å². The lowest BCUT2D eigenvalue weighted by Crippen LogP contribution is -2.41. The van der Waals surface area contributed by atoms with Crippen LogP contribution in [0.25, 0.3) is 0 Å². The number of hydrogen-bond acceptors (Lipinski definition) is 4. The summed E-state index contributed by atoms with van der Waals surface area (Å²) in [5.41, 5.74) is 5.28. The summed E-state index contributed by atoms with van der Waals surface area (Å²) in [6, 6.07) is 0. The number of piperidine rings is 1. The Hall–Kier alpha value is -0.650. The summed E-state index contributed by atoms with van der Waals surface area (Å²) in [6.45, 7) is 3.50. The Morgan fingerprint density at radius 2 is 2.12 bits per heavy atom. The summed E-state index contributed by atoms with van der Waals surface area (Å²) < 4.78 is 10.2. The number of carbonyl (C=O) groups is 1. The quantitative estimate of drug-likeness (QED) is 0.644. The van der Waals surface area contributed by atoms with Gasteiger partial charge in [0.1, 0.15) is 6.61 Å². The molecule has 1 heterocycles. The first-order chi connectivity index (χ1) is 7.77. The molecule has 0 aromatic carbocycles. The van der Waals surface area contributed by atoms with E-state index in [1.807, 2.05) is 4.90 Å². The van der Waals surface area contributed by atoms with E-state index in [2.05, 4.69) is 0 Å². The summed E-state index contributed by atoms with van der Waals surface area (Å²) in [5, 5.41) is 0. The van der Waals surface area contributed by atoms with Crippen LogP contribution in [0.4, 0.5) is 0 Å². The third kappa shape index (κ3) is 4.47. The van der Waals surface area contributed by atoms with E-state index in [-0.39, 0.29) is 12.5 Å². The van der Waals surface area contributed by atoms with Crippen LogP contribution in [0.5, 0.6) is 0 Å². The summed E-state index contributed by atoms with van der Waals surface area (Å²) in [6.07, 6.45) is 2.05. The van der Waals surface area contributed by atoms with Crippen LogP contribution in [0.1, 0.15) is 12.8 Å². The number of amides is 1. The predicted octanol–water partition coefficient (Wildman–Crippen LogP) is -0.153. The van der Waals surface area contributed by atoms with Gasteiger partial charge in [0.05, 0.1) is 6.61 Å². The molecule has 94 valence electrons. The standard InChI is InChI=1S/C11H22N2O3/c1-15-8-10-2-5-13(6-3-10)11(14)9-16-7-4-12/h10H,2-9,12H2,1H3. The van der Waals surface area contributed by atoms with Crippen molar-refractivity contribution in [1.29, 1.82) is 0 Å². The second-order valence-electron chi connectivity index (χ2n) is 4.12. The fourth-order valence-electron chi connectivity index (χ4n) is 1.92. The molecule has 0 aliphatic carbocycles. The minimum absolute atomic E-state index is 0.0734. The Morgan fingerprint density at radius 1 is 1.44 bits per heavy atom. The molecule has 2 N–H and O–H groups in total. The van der Waals surface area contributed by atoms with Gasteiger partial charge >= 0.3 is 0 Å². The first-order valence-corrected chi connectivity index (χ1v) is 5.82. The van der Waals surface area contributed by atoms with Crippen molar-refractivity contribution in [2.24, 2.45) is 11.7 Å². The average Bonchev–Trinajstić information content (AvgIpc) is 2.30. The van der Waals surface area contributed by atoms with Gasteiger partial charge in [0, 0.05) is 33.4 Å². The molecule has 0 spiro atoms. The van der Waals surface area contributed by atoms with Crippen molar-refractivity contribution in [3.8, 4) is 0 Å².